The van der Waals surface area contributed by atoms with E-state index in [2.05, 4.69) is 5.32 Å². The Morgan fingerprint density at radius 3 is 2.52 bits per heavy atom. The molecule has 1 heterocycles. The third-order valence-electron chi connectivity index (χ3n) is 5.44. The number of nitrogens with zero attached hydrogens (tertiary/aromatic N) is 2. The van der Waals surface area contributed by atoms with E-state index < -0.39 is 11.6 Å². The Bertz CT molecular complexity index is 1170. The molecule has 6 nitrogen and oxygen atoms in total. The van der Waals surface area contributed by atoms with Crippen molar-refractivity contribution in [3.63, 3.8) is 0 Å². The number of hydrogen-bond acceptors (Lipinski definition) is 3. The number of nitrogens with one attached hydrogen (secondary N) is 1. The Balaban J connectivity index is 1.46. The van der Waals surface area contributed by atoms with Gasteiger partial charge in [0, 0.05) is 36.6 Å². The largest absolute Gasteiger partial charge is 0.497 e. The van der Waals surface area contributed by atoms with E-state index in [1.165, 1.54) is 6.07 Å². The van der Waals surface area contributed by atoms with Crippen LogP contribution in [0.3, 0.4) is 0 Å². The normalized spacial score (nSPS) is 13.7. The van der Waals surface area contributed by atoms with E-state index in [9.17, 15) is 18.4 Å². The fraction of sp³-hybridized carbons (Fsp3) is 0.200. The molecule has 1 fully saturated rings. The maximum absolute atomic E-state index is 13.6. The molecular formula is C25H23F2N3O3. The number of carbonyl (C=O) groups is 2. The molecule has 3 aromatic carbocycles. The highest BCUT2D eigenvalue weighted by Gasteiger charge is 2.27. The van der Waals surface area contributed by atoms with Gasteiger partial charge in [0.2, 0.25) is 0 Å². The Hall–Kier alpha value is -3.94. The molecule has 1 N–H and O–H groups in total. The smallest absolute Gasteiger partial charge is 0.324 e. The average molecular weight is 451 g/mol. The molecule has 0 atom stereocenters. The number of methoxy groups -OCH3 is 1. The van der Waals surface area contributed by atoms with Crippen molar-refractivity contribution in [2.24, 2.45) is 0 Å². The first-order valence-corrected chi connectivity index (χ1v) is 10.5. The highest BCUT2D eigenvalue weighted by molar-refractivity contribution is 6.04. The van der Waals surface area contributed by atoms with Crippen LogP contribution in [0.1, 0.15) is 22.3 Å². The number of anilines is 2. The average Bonchev–Trinajstić information content (AvgIpc) is 2.83. The number of halogens is 2. The Morgan fingerprint density at radius 2 is 1.79 bits per heavy atom. The summed E-state index contributed by atoms with van der Waals surface area (Å²) >= 11 is 0. The SMILES string of the molecule is COc1ccc(C(=O)Nc2cccc(N3CCCN(Cc4ccc(F)c(F)c4)C3=O)c2)cc1. The molecule has 3 amide bonds. The third-order valence-corrected chi connectivity index (χ3v) is 5.44. The van der Waals surface area contributed by atoms with Gasteiger partial charge in [0.1, 0.15) is 5.75 Å². The Morgan fingerprint density at radius 1 is 1.00 bits per heavy atom. The number of carbonyl (C=O) groups excluding carboxylic acids is 2. The van der Waals surface area contributed by atoms with Crippen LogP contribution in [0.5, 0.6) is 5.75 Å². The second-order valence-corrected chi connectivity index (χ2v) is 7.69. The first-order valence-electron chi connectivity index (χ1n) is 10.5. The van der Waals surface area contributed by atoms with Gasteiger partial charge in [-0.15, -0.1) is 0 Å². The Kier molecular flexibility index (Phi) is 6.53. The molecule has 1 saturated heterocycles. The van der Waals surface area contributed by atoms with Crippen molar-refractivity contribution in [1.29, 1.82) is 0 Å². The number of urea groups is 1. The highest BCUT2D eigenvalue weighted by Crippen LogP contribution is 2.25. The van der Waals surface area contributed by atoms with Crippen LogP contribution in [0.15, 0.2) is 66.7 Å². The molecule has 0 radical (unpaired) electrons. The number of hydrogen-bond donors (Lipinski definition) is 1. The van der Waals surface area contributed by atoms with Crippen LogP contribution in [0.2, 0.25) is 0 Å². The lowest BCUT2D eigenvalue weighted by Crippen LogP contribution is -2.49. The van der Waals surface area contributed by atoms with Gasteiger partial charge in [0.25, 0.3) is 5.91 Å². The van der Waals surface area contributed by atoms with Gasteiger partial charge < -0.3 is 15.0 Å². The second-order valence-electron chi connectivity index (χ2n) is 7.69. The van der Waals surface area contributed by atoms with Crippen molar-refractivity contribution < 1.29 is 23.1 Å². The zero-order valence-corrected chi connectivity index (χ0v) is 18.1. The number of ether oxygens (including phenoxy) is 1. The van der Waals surface area contributed by atoms with Gasteiger partial charge in [-0.05, 0) is 66.6 Å². The molecule has 0 bridgehead atoms. The number of benzene rings is 3. The maximum atomic E-state index is 13.6. The van der Waals surface area contributed by atoms with Crippen molar-refractivity contribution in [3.05, 3.63) is 89.5 Å². The van der Waals surface area contributed by atoms with Crippen molar-refractivity contribution in [3.8, 4) is 5.75 Å². The fourth-order valence-electron chi connectivity index (χ4n) is 3.72. The summed E-state index contributed by atoms with van der Waals surface area (Å²) in [7, 11) is 1.56. The van der Waals surface area contributed by atoms with Crippen LogP contribution in [0.25, 0.3) is 0 Å². The fourth-order valence-corrected chi connectivity index (χ4v) is 3.72. The minimum atomic E-state index is -0.936. The third kappa shape index (κ3) is 5.11. The molecule has 3 aromatic rings. The zero-order valence-electron chi connectivity index (χ0n) is 18.1. The maximum Gasteiger partial charge on any atom is 0.324 e. The van der Waals surface area contributed by atoms with Crippen LogP contribution < -0.4 is 15.0 Å². The van der Waals surface area contributed by atoms with E-state index in [1.807, 2.05) is 0 Å². The van der Waals surface area contributed by atoms with E-state index in [4.69, 9.17) is 4.74 Å². The lowest BCUT2D eigenvalue weighted by Gasteiger charge is -2.36. The Labute approximate surface area is 190 Å². The zero-order chi connectivity index (χ0) is 23.4. The van der Waals surface area contributed by atoms with Gasteiger partial charge in [0.05, 0.1) is 7.11 Å². The summed E-state index contributed by atoms with van der Waals surface area (Å²) in [5.41, 5.74) is 2.19. The molecule has 33 heavy (non-hydrogen) atoms. The first-order chi connectivity index (χ1) is 15.9. The molecule has 0 spiro atoms. The molecule has 0 aliphatic carbocycles. The van der Waals surface area contributed by atoms with E-state index in [0.717, 1.165) is 18.6 Å². The van der Waals surface area contributed by atoms with Crippen molar-refractivity contribution in [1.82, 2.24) is 4.90 Å². The molecule has 1 aliphatic rings. The topological polar surface area (TPSA) is 61.9 Å². The van der Waals surface area contributed by atoms with Crippen LogP contribution in [0.4, 0.5) is 25.0 Å². The predicted octanol–water partition coefficient (Wildman–Crippen LogP) is 5.06. The van der Waals surface area contributed by atoms with Crippen LogP contribution in [-0.4, -0.2) is 37.0 Å². The molecule has 170 valence electrons. The van der Waals surface area contributed by atoms with E-state index in [1.54, 1.807) is 65.4 Å². The molecular weight excluding hydrogens is 428 g/mol. The van der Waals surface area contributed by atoms with Gasteiger partial charge >= 0.3 is 6.03 Å². The molecule has 8 heteroatoms. The van der Waals surface area contributed by atoms with Crippen LogP contribution in [-0.2, 0) is 6.54 Å². The van der Waals surface area contributed by atoms with E-state index >= 15 is 0 Å². The molecule has 1 aliphatic heterocycles. The quantitative estimate of drug-likeness (QED) is 0.570. The minimum absolute atomic E-state index is 0.181. The van der Waals surface area contributed by atoms with Gasteiger partial charge in [0.15, 0.2) is 11.6 Å². The number of rotatable bonds is 6. The van der Waals surface area contributed by atoms with Crippen molar-refractivity contribution in [2.75, 3.05) is 30.4 Å². The van der Waals surface area contributed by atoms with Crippen molar-refractivity contribution >= 4 is 23.3 Å². The van der Waals surface area contributed by atoms with Gasteiger partial charge in [-0.1, -0.05) is 12.1 Å². The van der Waals surface area contributed by atoms with Crippen LogP contribution in [0, 0.1) is 11.6 Å². The summed E-state index contributed by atoms with van der Waals surface area (Å²) in [6, 6.07) is 17.2. The lowest BCUT2D eigenvalue weighted by atomic mass is 10.1. The van der Waals surface area contributed by atoms with Gasteiger partial charge in [-0.3, -0.25) is 9.69 Å². The monoisotopic (exact) mass is 451 g/mol. The van der Waals surface area contributed by atoms with Crippen molar-refractivity contribution in [2.45, 2.75) is 13.0 Å². The summed E-state index contributed by atoms with van der Waals surface area (Å²) < 4.78 is 31.9. The molecule has 0 aromatic heterocycles. The first kappa shape index (κ1) is 22.3. The van der Waals surface area contributed by atoms with Gasteiger partial charge in [-0.2, -0.15) is 0 Å². The highest BCUT2D eigenvalue weighted by atomic mass is 19.2. The molecule has 0 unspecified atom stereocenters. The summed E-state index contributed by atoms with van der Waals surface area (Å²) in [6.07, 6.45) is 0.720. The lowest BCUT2D eigenvalue weighted by molar-refractivity contribution is 0.102. The molecule has 0 saturated carbocycles. The summed E-state index contributed by atoms with van der Waals surface area (Å²) in [5, 5.41) is 2.84. The van der Waals surface area contributed by atoms with E-state index in [-0.39, 0.29) is 18.5 Å². The molecule has 4 rings (SSSR count). The standard InChI is InChI=1S/C25H23F2N3O3/c1-33-21-9-7-18(8-10-21)24(31)28-19-4-2-5-20(15-19)30-13-3-12-29(25(30)32)16-17-6-11-22(26)23(27)14-17/h2,4-11,14-15H,3,12-13,16H2,1H3,(H,28,31). The summed E-state index contributed by atoms with van der Waals surface area (Å²) in [6.45, 7) is 1.21. The predicted molar refractivity (Wildman–Crippen MR) is 122 cm³/mol. The summed E-state index contributed by atoms with van der Waals surface area (Å²) in [5.74, 6) is -1.47. The second kappa shape index (κ2) is 9.68. The van der Waals surface area contributed by atoms with Crippen LogP contribution >= 0.6 is 0 Å². The minimum Gasteiger partial charge on any atom is -0.497 e. The van der Waals surface area contributed by atoms with E-state index in [0.29, 0.717) is 41.3 Å². The summed E-state index contributed by atoms with van der Waals surface area (Å²) in [4.78, 5) is 28.9. The van der Waals surface area contributed by atoms with Gasteiger partial charge in [-0.25, -0.2) is 13.6 Å². The number of amides is 3.